The van der Waals surface area contributed by atoms with Gasteiger partial charge in [0.1, 0.15) is 11.5 Å². The van der Waals surface area contributed by atoms with Crippen LogP contribution >= 0.6 is 0 Å². The number of aliphatic imine (C=N–C) groups is 1. The molecular formula is C23H24N10O. The van der Waals surface area contributed by atoms with Crippen molar-refractivity contribution in [3.63, 3.8) is 0 Å². The third-order valence-corrected chi connectivity index (χ3v) is 7.02. The molecule has 172 valence electrons. The summed E-state index contributed by atoms with van der Waals surface area (Å²) in [6, 6.07) is 6.03. The number of nitrogens with two attached hydrogens (primary N) is 2. The number of rotatable bonds is 2. The molecule has 0 aromatic carbocycles. The maximum absolute atomic E-state index is 12.7. The molecule has 0 aliphatic carbocycles. The lowest BCUT2D eigenvalue weighted by Crippen LogP contribution is -2.48. The van der Waals surface area contributed by atoms with Crippen molar-refractivity contribution < 1.29 is 4.79 Å². The SMILES string of the molecule is N=C(N=CN)C(=O)N1[C@@H]2CC[C@H]1CC(c1cc(N)n3ncc(-c4cnc5[nH]ccc5c4)c3n1)C2. The molecule has 3 atom stereocenters. The largest absolute Gasteiger partial charge is 0.390 e. The monoisotopic (exact) mass is 456 g/mol. The topological polar surface area (TPSA) is 167 Å². The number of H-pyrrole nitrogens is 1. The van der Waals surface area contributed by atoms with Gasteiger partial charge in [0, 0.05) is 58.7 Å². The molecule has 34 heavy (non-hydrogen) atoms. The van der Waals surface area contributed by atoms with Gasteiger partial charge >= 0.3 is 0 Å². The smallest absolute Gasteiger partial charge is 0.291 e. The summed E-state index contributed by atoms with van der Waals surface area (Å²) in [4.78, 5) is 30.8. The van der Waals surface area contributed by atoms with E-state index in [1.165, 1.54) is 0 Å². The summed E-state index contributed by atoms with van der Waals surface area (Å²) in [6.07, 6.45) is 9.78. The van der Waals surface area contributed by atoms with Crippen LogP contribution in [0.15, 0.2) is 41.8 Å². The summed E-state index contributed by atoms with van der Waals surface area (Å²) < 4.78 is 1.65. The molecule has 6 heterocycles. The van der Waals surface area contributed by atoms with E-state index >= 15 is 0 Å². The van der Waals surface area contributed by atoms with Crippen molar-refractivity contribution in [3.8, 4) is 11.1 Å². The molecule has 2 bridgehead atoms. The molecule has 1 amide bonds. The van der Waals surface area contributed by atoms with E-state index in [4.69, 9.17) is 21.9 Å². The molecule has 4 aromatic rings. The minimum absolute atomic E-state index is 0.0494. The summed E-state index contributed by atoms with van der Waals surface area (Å²) in [5, 5.41) is 13.4. The highest BCUT2D eigenvalue weighted by molar-refractivity contribution is 6.38. The van der Waals surface area contributed by atoms with Crippen LogP contribution in [0.5, 0.6) is 0 Å². The Morgan fingerprint density at radius 3 is 2.79 bits per heavy atom. The molecule has 11 heteroatoms. The number of aromatic amines is 1. The fourth-order valence-corrected chi connectivity index (χ4v) is 5.51. The maximum Gasteiger partial charge on any atom is 0.291 e. The van der Waals surface area contributed by atoms with E-state index in [-0.39, 0.29) is 29.7 Å². The maximum atomic E-state index is 12.7. The van der Waals surface area contributed by atoms with Gasteiger partial charge in [-0.15, -0.1) is 0 Å². The van der Waals surface area contributed by atoms with Gasteiger partial charge in [-0.05, 0) is 37.8 Å². The summed E-state index contributed by atoms with van der Waals surface area (Å²) in [6.45, 7) is 0. The van der Waals surface area contributed by atoms with Crippen LogP contribution in [0.3, 0.4) is 0 Å². The number of piperidine rings is 1. The second-order valence-electron chi connectivity index (χ2n) is 8.93. The number of pyridine rings is 1. The zero-order valence-electron chi connectivity index (χ0n) is 18.3. The number of nitrogens with zero attached hydrogens (tertiary/aromatic N) is 6. The Labute approximate surface area is 194 Å². The van der Waals surface area contributed by atoms with Crippen LogP contribution in [0.2, 0.25) is 0 Å². The molecule has 2 fully saturated rings. The average Bonchev–Trinajstić information content (AvgIpc) is 3.54. The van der Waals surface area contributed by atoms with Gasteiger partial charge in [-0.25, -0.2) is 15.0 Å². The van der Waals surface area contributed by atoms with Crippen LogP contribution in [0.1, 0.15) is 37.3 Å². The molecule has 0 radical (unpaired) electrons. The Kier molecular flexibility index (Phi) is 4.57. The second-order valence-corrected chi connectivity index (χ2v) is 8.93. The quantitative estimate of drug-likeness (QED) is 0.266. The molecular weight excluding hydrogens is 432 g/mol. The molecule has 6 N–H and O–H groups in total. The fourth-order valence-electron chi connectivity index (χ4n) is 5.51. The summed E-state index contributed by atoms with van der Waals surface area (Å²) in [7, 11) is 0. The van der Waals surface area contributed by atoms with Crippen molar-refractivity contribution in [2.45, 2.75) is 43.7 Å². The predicted molar refractivity (Wildman–Crippen MR) is 129 cm³/mol. The Morgan fingerprint density at radius 1 is 1.24 bits per heavy atom. The molecule has 4 aromatic heterocycles. The predicted octanol–water partition coefficient (Wildman–Crippen LogP) is 2.06. The van der Waals surface area contributed by atoms with Crippen LogP contribution in [0, 0.1) is 5.41 Å². The lowest BCUT2D eigenvalue weighted by atomic mass is 9.87. The number of carbonyl (C=O) groups excluding carboxylic acids is 1. The van der Waals surface area contributed by atoms with Gasteiger partial charge in [0.05, 0.1) is 12.5 Å². The zero-order valence-corrected chi connectivity index (χ0v) is 18.3. The van der Waals surface area contributed by atoms with Crippen LogP contribution in [-0.4, -0.2) is 59.6 Å². The van der Waals surface area contributed by atoms with Crippen LogP contribution in [0.25, 0.3) is 27.8 Å². The number of amides is 1. The molecule has 2 aliphatic rings. The van der Waals surface area contributed by atoms with Gasteiger partial charge in [-0.1, -0.05) is 0 Å². The lowest BCUT2D eigenvalue weighted by molar-refractivity contribution is -0.128. The Morgan fingerprint density at radius 2 is 2.03 bits per heavy atom. The molecule has 2 saturated heterocycles. The first-order chi connectivity index (χ1) is 16.5. The standard InChI is InChI=1S/C23H24N10O/c24-11-29-20(26)23(34)32-15-1-2-16(32)7-13(6-15)18-8-19(25)33-22(31-18)17(10-30-33)14-5-12-3-4-27-21(12)28-9-14/h3-5,8-11,13,15-16H,1-2,6-7,25H2,(H,27,28)(H3,24,26,29)/t13?,15-,16+. The van der Waals surface area contributed by atoms with Gasteiger partial charge in [0.15, 0.2) is 5.65 Å². The van der Waals surface area contributed by atoms with Crippen LogP contribution < -0.4 is 11.5 Å². The minimum atomic E-state index is -0.360. The second kappa shape index (κ2) is 7.65. The first kappa shape index (κ1) is 20.3. The number of fused-ring (bicyclic) bond motifs is 4. The highest BCUT2D eigenvalue weighted by Gasteiger charge is 2.45. The third kappa shape index (κ3) is 3.11. The normalized spacial score (nSPS) is 22.2. The lowest BCUT2D eigenvalue weighted by Gasteiger charge is -2.38. The molecule has 2 aliphatic heterocycles. The average molecular weight is 457 g/mol. The number of nitrogens with one attached hydrogen (secondary N) is 2. The van der Waals surface area contributed by atoms with E-state index in [0.717, 1.165) is 59.9 Å². The summed E-state index contributed by atoms with van der Waals surface area (Å²) in [5.74, 6) is 0.000704. The highest BCUT2D eigenvalue weighted by Crippen LogP contribution is 2.43. The van der Waals surface area contributed by atoms with Crippen LogP contribution in [0.4, 0.5) is 5.82 Å². The first-order valence-corrected chi connectivity index (χ1v) is 11.3. The number of anilines is 1. The number of carbonyl (C=O) groups is 1. The third-order valence-electron chi connectivity index (χ3n) is 7.02. The van der Waals surface area contributed by atoms with Crippen LogP contribution in [-0.2, 0) is 4.79 Å². The van der Waals surface area contributed by atoms with E-state index in [0.29, 0.717) is 11.5 Å². The highest BCUT2D eigenvalue weighted by atomic mass is 16.2. The Bertz CT molecular complexity index is 1450. The Balaban J connectivity index is 1.34. The van der Waals surface area contributed by atoms with E-state index in [1.807, 2.05) is 29.4 Å². The van der Waals surface area contributed by atoms with Gasteiger partial charge < -0.3 is 21.4 Å². The first-order valence-electron chi connectivity index (χ1n) is 11.3. The van der Waals surface area contributed by atoms with E-state index in [2.05, 4.69) is 26.1 Å². The summed E-state index contributed by atoms with van der Waals surface area (Å²) in [5.41, 5.74) is 15.9. The van der Waals surface area contributed by atoms with E-state index in [9.17, 15) is 4.79 Å². The van der Waals surface area contributed by atoms with Crippen molar-refractivity contribution >= 4 is 40.6 Å². The zero-order chi connectivity index (χ0) is 23.4. The molecule has 1 unspecified atom stereocenters. The number of amidine groups is 1. The van der Waals surface area contributed by atoms with Crippen molar-refractivity contribution in [1.29, 1.82) is 5.41 Å². The van der Waals surface area contributed by atoms with E-state index < -0.39 is 0 Å². The van der Waals surface area contributed by atoms with Gasteiger partial charge in [-0.2, -0.15) is 9.61 Å². The van der Waals surface area contributed by atoms with Gasteiger partial charge in [0.25, 0.3) is 5.91 Å². The molecule has 6 rings (SSSR count). The number of aromatic nitrogens is 5. The van der Waals surface area contributed by atoms with Gasteiger partial charge in [-0.3, -0.25) is 10.2 Å². The van der Waals surface area contributed by atoms with E-state index in [1.54, 1.807) is 10.7 Å². The number of hydrogen-bond donors (Lipinski definition) is 4. The van der Waals surface area contributed by atoms with Crippen molar-refractivity contribution in [1.82, 2.24) is 29.5 Å². The fraction of sp³-hybridized carbons (Fsp3) is 0.304. The van der Waals surface area contributed by atoms with Crippen molar-refractivity contribution in [2.24, 2.45) is 10.7 Å². The number of hydrogen-bond acceptors (Lipinski definition) is 6. The molecule has 11 nitrogen and oxygen atoms in total. The molecule has 0 saturated carbocycles. The number of nitrogen functional groups attached to an aromatic ring is 1. The Hall–Kier alpha value is -4.28. The van der Waals surface area contributed by atoms with Crippen molar-refractivity contribution in [2.75, 3.05) is 5.73 Å². The molecule has 0 spiro atoms. The van der Waals surface area contributed by atoms with Crippen molar-refractivity contribution in [3.05, 3.63) is 42.5 Å². The minimum Gasteiger partial charge on any atom is -0.390 e. The van der Waals surface area contributed by atoms with Gasteiger partial charge in [0.2, 0.25) is 5.84 Å². The summed E-state index contributed by atoms with van der Waals surface area (Å²) >= 11 is 0.